The number of rotatable bonds is 4. The normalized spacial score (nSPS) is 17.5. The molecule has 1 aromatic heterocycles. The van der Waals surface area contributed by atoms with Gasteiger partial charge in [-0.25, -0.2) is 0 Å². The molecular weight excluding hydrogens is 306 g/mol. The van der Waals surface area contributed by atoms with Crippen LogP contribution < -0.4 is 5.32 Å². The first-order valence-corrected chi connectivity index (χ1v) is 8.69. The fourth-order valence-corrected chi connectivity index (χ4v) is 3.53. The van der Waals surface area contributed by atoms with Gasteiger partial charge in [-0.1, -0.05) is 30.2 Å². The molecule has 2 aromatic carbocycles. The molecule has 0 aliphatic carbocycles. The molecule has 1 aliphatic heterocycles. The van der Waals surface area contributed by atoms with Gasteiger partial charge in [0.05, 0.1) is 0 Å². The summed E-state index contributed by atoms with van der Waals surface area (Å²) in [6, 6.07) is 17.2. The number of hydrogen-bond donors (Lipinski definition) is 1. The van der Waals surface area contributed by atoms with E-state index >= 15 is 0 Å². The molecular formula is C22H21N3. The maximum absolute atomic E-state index is 5.42. The maximum Gasteiger partial charge on any atom is 0.0423 e. The molecule has 2 heterocycles. The van der Waals surface area contributed by atoms with E-state index in [-0.39, 0.29) is 0 Å². The summed E-state index contributed by atoms with van der Waals surface area (Å²) < 4.78 is 0. The van der Waals surface area contributed by atoms with Crippen LogP contribution in [0.3, 0.4) is 0 Å². The molecule has 1 unspecified atom stereocenters. The summed E-state index contributed by atoms with van der Waals surface area (Å²) in [5.74, 6) is 2.67. The van der Waals surface area contributed by atoms with Gasteiger partial charge in [0.2, 0.25) is 0 Å². The van der Waals surface area contributed by atoms with Gasteiger partial charge in [-0.2, -0.15) is 0 Å². The highest BCUT2D eigenvalue weighted by atomic mass is 15.2. The quantitative estimate of drug-likeness (QED) is 0.737. The van der Waals surface area contributed by atoms with Gasteiger partial charge in [0.15, 0.2) is 0 Å². The number of pyridine rings is 1. The number of nitrogens with one attached hydrogen (secondary N) is 1. The Morgan fingerprint density at radius 3 is 2.88 bits per heavy atom. The third-order valence-corrected chi connectivity index (χ3v) is 4.84. The molecule has 0 spiro atoms. The van der Waals surface area contributed by atoms with Crippen molar-refractivity contribution in [3.8, 4) is 12.3 Å². The molecule has 1 N–H and O–H groups in total. The van der Waals surface area contributed by atoms with Gasteiger partial charge in [-0.15, -0.1) is 6.42 Å². The molecule has 3 aromatic rings. The molecule has 1 atom stereocenters. The van der Waals surface area contributed by atoms with Crippen molar-refractivity contribution in [2.24, 2.45) is 0 Å². The zero-order valence-corrected chi connectivity index (χ0v) is 14.2. The van der Waals surface area contributed by atoms with E-state index in [0.717, 1.165) is 31.6 Å². The van der Waals surface area contributed by atoms with Crippen LogP contribution in [0, 0.1) is 12.3 Å². The second-order valence-corrected chi connectivity index (χ2v) is 6.61. The fraction of sp³-hybridized carbons (Fsp3) is 0.227. The topological polar surface area (TPSA) is 28.2 Å². The van der Waals surface area contributed by atoms with E-state index in [0.29, 0.717) is 6.04 Å². The molecule has 1 fully saturated rings. The van der Waals surface area contributed by atoms with Crippen molar-refractivity contribution in [1.82, 2.24) is 9.88 Å². The molecule has 1 saturated heterocycles. The van der Waals surface area contributed by atoms with Crippen LogP contribution >= 0.6 is 0 Å². The molecule has 0 radical (unpaired) electrons. The van der Waals surface area contributed by atoms with Crippen LogP contribution in [0.25, 0.3) is 10.8 Å². The lowest BCUT2D eigenvalue weighted by Gasteiger charge is -2.18. The van der Waals surface area contributed by atoms with Crippen molar-refractivity contribution in [3.05, 3.63) is 72.1 Å². The largest absolute Gasteiger partial charge is 0.380 e. The highest BCUT2D eigenvalue weighted by Crippen LogP contribution is 2.25. The summed E-state index contributed by atoms with van der Waals surface area (Å²) in [5, 5.41) is 6.14. The molecule has 0 bridgehead atoms. The smallest absolute Gasteiger partial charge is 0.0423 e. The van der Waals surface area contributed by atoms with Crippen LogP contribution in [0.4, 0.5) is 5.69 Å². The Kier molecular flexibility index (Phi) is 4.37. The first-order chi connectivity index (χ1) is 12.3. The Morgan fingerprint density at radius 2 is 2.04 bits per heavy atom. The fourth-order valence-electron chi connectivity index (χ4n) is 3.53. The summed E-state index contributed by atoms with van der Waals surface area (Å²) in [6.45, 7) is 3.14. The summed E-state index contributed by atoms with van der Waals surface area (Å²) >= 11 is 0. The average Bonchev–Trinajstić information content (AvgIpc) is 3.09. The van der Waals surface area contributed by atoms with Gasteiger partial charge in [0.25, 0.3) is 0 Å². The van der Waals surface area contributed by atoms with Gasteiger partial charge in [0, 0.05) is 60.1 Å². The van der Waals surface area contributed by atoms with E-state index in [9.17, 15) is 0 Å². The number of benzene rings is 2. The summed E-state index contributed by atoms with van der Waals surface area (Å²) in [7, 11) is 0. The van der Waals surface area contributed by atoms with Gasteiger partial charge in [0.1, 0.15) is 0 Å². The van der Waals surface area contributed by atoms with Crippen molar-refractivity contribution >= 4 is 16.5 Å². The van der Waals surface area contributed by atoms with Crippen molar-refractivity contribution in [1.29, 1.82) is 0 Å². The third kappa shape index (κ3) is 3.50. The Balaban J connectivity index is 1.41. The zero-order valence-electron chi connectivity index (χ0n) is 14.2. The molecule has 124 valence electrons. The second kappa shape index (κ2) is 6.96. The highest BCUT2D eigenvalue weighted by molar-refractivity contribution is 5.93. The molecule has 4 rings (SSSR count). The predicted octanol–water partition coefficient (Wildman–Crippen LogP) is 3.90. The maximum atomic E-state index is 5.42. The van der Waals surface area contributed by atoms with Gasteiger partial charge in [-0.05, 0) is 36.2 Å². The highest BCUT2D eigenvalue weighted by Gasteiger charge is 2.22. The summed E-state index contributed by atoms with van der Waals surface area (Å²) in [6.07, 6.45) is 10.4. The predicted molar refractivity (Wildman–Crippen MR) is 103 cm³/mol. The van der Waals surface area contributed by atoms with Gasteiger partial charge in [-0.3, -0.25) is 9.88 Å². The van der Waals surface area contributed by atoms with Crippen molar-refractivity contribution in [2.45, 2.75) is 19.0 Å². The number of terminal acetylenes is 1. The summed E-state index contributed by atoms with van der Waals surface area (Å²) in [5.41, 5.74) is 3.45. The first-order valence-electron chi connectivity index (χ1n) is 8.69. The van der Waals surface area contributed by atoms with Crippen molar-refractivity contribution in [3.63, 3.8) is 0 Å². The van der Waals surface area contributed by atoms with Crippen molar-refractivity contribution in [2.75, 3.05) is 18.4 Å². The lowest BCUT2D eigenvalue weighted by molar-refractivity contribution is 0.328. The number of aromatic nitrogens is 1. The Morgan fingerprint density at radius 1 is 1.16 bits per heavy atom. The van der Waals surface area contributed by atoms with E-state index in [4.69, 9.17) is 6.42 Å². The van der Waals surface area contributed by atoms with Crippen LogP contribution in [0.5, 0.6) is 0 Å². The SMILES string of the molecule is C#Cc1ccc(CN2CCC(Nc3cccc4cnccc34)C2)cc1. The van der Waals surface area contributed by atoms with Crippen LogP contribution in [0.15, 0.2) is 60.9 Å². The van der Waals surface area contributed by atoms with Crippen LogP contribution in [0.1, 0.15) is 17.5 Å². The molecule has 0 amide bonds. The van der Waals surface area contributed by atoms with Gasteiger partial charge < -0.3 is 5.32 Å². The monoisotopic (exact) mass is 327 g/mol. The number of anilines is 1. The molecule has 0 saturated carbocycles. The van der Waals surface area contributed by atoms with Crippen LogP contribution in [0.2, 0.25) is 0 Å². The molecule has 25 heavy (non-hydrogen) atoms. The van der Waals surface area contributed by atoms with E-state index in [1.807, 2.05) is 24.5 Å². The van der Waals surface area contributed by atoms with E-state index in [2.05, 4.69) is 57.5 Å². The zero-order chi connectivity index (χ0) is 17.1. The Bertz CT molecular complexity index is 903. The van der Waals surface area contributed by atoms with Gasteiger partial charge >= 0.3 is 0 Å². The number of hydrogen-bond acceptors (Lipinski definition) is 3. The van der Waals surface area contributed by atoms with Crippen LogP contribution in [-0.2, 0) is 6.54 Å². The number of fused-ring (bicyclic) bond motifs is 1. The Labute approximate surface area is 148 Å². The lowest BCUT2D eigenvalue weighted by Crippen LogP contribution is -2.26. The molecule has 1 aliphatic rings. The molecule has 3 nitrogen and oxygen atoms in total. The minimum atomic E-state index is 0.476. The minimum Gasteiger partial charge on any atom is -0.380 e. The number of nitrogens with zero attached hydrogens (tertiary/aromatic N) is 2. The third-order valence-electron chi connectivity index (χ3n) is 4.84. The second-order valence-electron chi connectivity index (χ2n) is 6.61. The Hall–Kier alpha value is -2.83. The lowest BCUT2D eigenvalue weighted by atomic mass is 10.1. The van der Waals surface area contributed by atoms with Crippen molar-refractivity contribution < 1.29 is 0 Å². The van der Waals surface area contributed by atoms with E-state index in [1.165, 1.54) is 22.0 Å². The standard InChI is InChI=1S/C22H21N3/c1-2-17-6-8-18(9-7-17)15-25-13-11-20(16-25)24-22-5-3-4-19-14-23-12-10-21(19)22/h1,3-10,12,14,20,24H,11,13,15-16H2. The molecule has 3 heteroatoms. The number of likely N-dealkylation sites (tertiary alicyclic amines) is 1. The first kappa shape index (κ1) is 15.7. The minimum absolute atomic E-state index is 0.476. The van der Waals surface area contributed by atoms with Crippen LogP contribution in [-0.4, -0.2) is 29.0 Å². The van der Waals surface area contributed by atoms with E-state index in [1.54, 1.807) is 0 Å². The van der Waals surface area contributed by atoms with E-state index < -0.39 is 0 Å². The average molecular weight is 327 g/mol. The summed E-state index contributed by atoms with van der Waals surface area (Å²) in [4.78, 5) is 6.70.